The largest absolute Gasteiger partial charge is 0.493 e. The number of methoxy groups -OCH3 is 1. The molecule has 2 aromatic carbocycles. The van der Waals surface area contributed by atoms with Crippen molar-refractivity contribution in [1.82, 2.24) is 4.90 Å². The van der Waals surface area contributed by atoms with Crippen molar-refractivity contribution in [2.75, 3.05) is 20.2 Å². The van der Waals surface area contributed by atoms with Crippen LogP contribution in [0.2, 0.25) is 5.02 Å². The van der Waals surface area contributed by atoms with Crippen LogP contribution in [0, 0.1) is 0 Å². The third-order valence-electron chi connectivity index (χ3n) is 4.07. The van der Waals surface area contributed by atoms with Gasteiger partial charge >= 0.3 is 5.97 Å². The highest BCUT2D eigenvalue weighted by Gasteiger charge is 2.19. The van der Waals surface area contributed by atoms with Gasteiger partial charge in [0, 0.05) is 23.7 Å². The smallest absolute Gasteiger partial charge is 0.343 e. The molecule has 2 aromatic rings. The average Bonchev–Trinajstić information content (AvgIpc) is 3.16. The van der Waals surface area contributed by atoms with Crippen molar-refractivity contribution in [1.29, 1.82) is 0 Å². The van der Waals surface area contributed by atoms with Crippen LogP contribution in [0.15, 0.2) is 42.5 Å². The second kappa shape index (κ2) is 7.85. The molecule has 130 valence electrons. The van der Waals surface area contributed by atoms with Crippen molar-refractivity contribution in [2.24, 2.45) is 0 Å². The van der Waals surface area contributed by atoms with E-state index < -0.39 is 5.97 Å². The van der Waals surface area contributed by atoms with Crippen LogP contribution in [0.25, 0.3) is 0 Å². The summed E-state index contributed by atoms with van der Waals surface area (Å²) < 4.78 is 10.8. The molecule has 3 rings (SSSR count). The second-order valence-electron chi connectivity index (χ2n) is 5.76. The summed E-state index contributed by atoms with van der Waals surface area (Å²) in [6.07, 6.45) is 2.32. The zero-order chi connectivity index (χ0) is 17.8. The molecular weight excluding hydrogens is 358 g/mol. The number of nitrogens with zero attached hydrogens (tertiary/aromatic N) is 1. The third-order valence-corrected chi connectivity index (χ3v) is 4.80. The Balaban J connectivity index is 1.80. The van der Waals surface area contributed by atoms with Crippen LogP contribution < -0.4 is 9.47 Å². The van der Waals surface area contributed by atoms with Crippen molar-refractivity contribution in [3.05, 3.63) is 58.6 Å². The Labute approximate surface area is 157 Å². The van der Waals surface area contributed by atoms with Crippen LogP contribution in [0.3, 0.4) is 0 Å². The Morgan fingerprint density at radius 2 is 1.84 bits per heavy atom. The topological polar surface area (TPSA) is 38.8 Å². The lowest BCUT2D eigenvalue weighted by Gasteiger charge is -2.19. The summed E-state index contributed by atoms with van der Waals surface area (Å²) in [7, 11) is 1.54. The van der Waals surface area contributed by atoms with Gasteiger partial charge in [-0.1, -0.05) is 29.9 Å². The van der Waals surface area contributed by atoms with E-state index in [4.69, 9.17) is 33.3 Å². The van der Waals surface area contributed by atoms with Gasteiger partial charge in [0.05, 0.1) is 12.7 Å². The molecule has 4 nitrogen and oxygen atoms in total. The van der Waals surface area contributed by atoms with Crippen LogP contribution in [-0.4, -0.2) is 36.1 Å². The monoisotopic (exact) mass is 375 g/mol. The van der Waals surface area contributed by atoms with E-state index in [0.717, 1.165) is 36.5 Å². The zero-order valence-corrected chi connectivity index (χ0v) is 15.4. The molecule has 0 N–H and O–H groups in total. The Kier molecular flexibility index (Phi) is 5.56. The minimum absolute atomic E-state index is 0.348. The van der Waals surface area contributed by atoms with Crippen molar-refractivity contribution < 1.29 is 14.3 Å². The predicted molar refractivity (Wildman–Crippen MR) is 102 cm³/mol. The summed E-state index contributed by atoms with van der Waals surface area (Å²) >= 11 is 11.5. The molecule has 0 saturated carbocycles. The summed E-state index contributed by atoms with van der Waals surface area (Å²) in [5, 5.41) is 0.479. The fourth-order valence-electron chi connectivity index (χ4n) is 2.76. The van der Waals surface area contributed by atoms with Gasteiger partial charge < -0.3 is 14.4 Å². The average molecular weight is 376 g/mol. The van der Waals surface area contributed by atoms with Gasteiger partial charge in [0.1, 0.15) is 4.99 Å². The van der Waals surface area contributed by atoms with E-state index in [1.807, 2.05) is 6.07 Å². The number of ether oxygens (including phenoxy) is 2. The quantitative estimate of drug-likeness (QED) is 0.451. The molecule has 1 aliphatic heterocycles. The van der Waals surface area contributed by atoms with Crippen LogP contribution in [0.1, 0.15) is 28.8 Å². The summed E-state index contributed by atoms with van der Waals surface area (Å²) in [6, 6.07) is 12.0. The molecule has 0 amide bonds. The normalized spacial score (nSPS) is 13.6. The van der Waals surface area contributed by atoms with Gasteiger partial charge in [-0.3, -0.25) is 0 Å². The lowest BCUT2D eigenvalue weighted by Crippen LogP contribution is -2.26. The molecule has 25 heavy (non-hydrogen) atoms. The molecule has 1 heterocycles. The molecule has 1 aliphatic rings. The van der Waals surface area contributed by atoms with E-state index in [1.54, 1.807) is 36.4 Å². The standard InChI is InChI=1S/C19H18ClNO3S/c1-23-17-12-13(18(25)21-9-2-3-10-21)7-8-16(17)24-19(22)14-5-4-6-15(20)11-14/h4-8,11-12H,2-3,9-10H2,1H3. The molecule has 6 heteroatoms. The number of esters is 1. The minimum atomic E-state index is -0.490. The number of carbonyl (C=O) groups excluding carboxylic acids is 1. The van der Waals surface area contributed by atoms with Gasteiger partial charge in [-0.25, -0.2) is 4.79 Å². The molecule has 0 unspecified atom stereocenters. The highest BCUT2D eigenvalue weighted by molar-refractivity contribution is 7.80. The highest BCUT2D eigenvalue weighted by Crippen LogP contribution is 2.30. The van der Waals surface area contributed by atoms with Crippen molar-refractivity contribution >= 4 is 34.8 Å². The molecule has 1 saturated heterocycles. The van der Waals surface area contributed by atoms with E-state index in [-0.39, 0.29) is 0 Å². The van der Waals surface area contributed by atoms with Gasteiger partial charge in [0.15, 0.2) is 11.5 Å². The van der Waals surface area contributed by atoms with E-state index in [1.165, 1.54) is 7.11 Å². The van der Waals surface area contributed by atoms with Gasteiger partial charge in [0.25, 0.3) is 0 Å². The highest BCUT2D eigenvalue weighted by atomic mass is 35.5. The van der Waals surface area contributed by atoms with Gasteiger partial charge in [-0.15, -0.1) is 0 Å². The fraction of sp³-hybridized carbons (Fsp3) is 0.263. The molecule has 0 atom stereocenters. The number of hydrogen-bond acceptors (Lipinski definition) is 4. The molecule has 0 radical (unpaired) electrons. The maximum Gasteiger partial charge on any atom is 0.343 e. The van der Waals surface area contributed by atoms with Gasteiger partial charge in [-0.2, -0.15) is 0 Å². The number of hydrogen-bond donors (Lipinski definition) is 0. The van der Waals surface area contributed by atoms with Crippen LogP contribution in [0.5, 0.6) is 11.5 Å². The van der Waals surface area contributed by atoms with Crippen molar-refractivity contribution in [3.63, 3.8) is 0 Å². The Morgan fingerprint density at radius 3 is 2.52 bits per heavy atom. The Bertz CT molecular complexity index is 803. The third kappa shape index (κ3) is 4.11. The summed E-state index contributed by atoms with van der Waals surface area (Å²) in [5.41, 5.74) is 1.27. The number of thiocarbonyl (C=S) groups is 1. The number of rotatable bonds is 4. The zero-order valence-electron chi connectivity index (χ0n) is 13.8. The predicted octanol–water partition coefficient (Wildman–Crippen LogP) is 4.34. The van der Waals surface area contributed by atoms with Crippen LogP contribution in [0.4, 0.5) is 0 Å². The summed E-state index contributed by atoms with van der Waals surface area (Å²) in [4.78, 5) is 15.3. The number of likely N-dealkylation sites (tertiary alicyclic amines) is 1. The summed E-state index contributed by atoms with van der Waals surface area (Å²) in [6.45, 7) is 1.96. The molecule has 0 aliphatic carbocycles. The lowest BCUT2D eigenvalue weighted by atomic mass is 10.2. The first-order valence-electron chi connectivity index (χ1n) is 8.03. The first-order valence-corrected chi connectivity index (χ1v) is 8.82. The molecular formula is C19H18ClNO3S. The molecule has 0 spiro atoms. The Morgan fingerprint density at radius 1 is 1.08 bits per heavy atom. The van der Waals surface area contributed by atoms with Gasteiger partial charge in [0.2, 0.25) is 0 Å². The minimum Gasteiger partial charge on any atom is -0.493 e. The molecule has 0 bridgehead atoms. The van der Waals surface area contributed by atoms with Crippen molar-refractivity contribution in [3.8, 4) is 11.5 Å². The molecule has 0 aromatic heterocycles. The first-order chi connectivity index (χ1) is 12.1. The number of carbonyl (C=O) groups is 1. The van der Waals surface area contributed by atoms with E-state index >= 15 is 0 Å². The van der Waals surface area contributed by atoms with Gasteiger partial charge in [-0.05, 0) is 49.2 Å². The first kappa shape index (κ1) is 17.7. The van der Waals surface area contributed by atoms with E-state index in [2.05, 4.69) is 4.90 Å². The maximum atomic E-state index is 12.3. The molecule has 1 fully saturated rings. The SMILES string of the molecule is COc1cc(C(=S)N2CCCC2)ccc1OC(=O)c1cccc(Cl)c1. The Hall–Kier alpha value is -2.11. The maximum absolute atomic E-state index is 12.3. The van der Waals surface area contributed by atoms with Crippen LogP contribution >= 0.6 is 23.8 Å². The number of halogens is 1. The van der Waals surface area contributed by atoms with Crippen LogP contribution in [-0.2, 0) is 0 Å². The fourth-order valence-corrected chi connectivity index (χ4v) is 3.26. The second-order valence-corrected chi connectivity index (χ2v) is 6.59. The summed E-state index contributed by atoms with van der Waals surface area (Å²) in [5.74, 6) is 0.325. The van der Waals surface area contributed by atoms with E-state index in [9.17, 15) is 4.79 Å². The van der Waals surface area contributed by atoms with Crippen molar-refractivity contribution in [2.45, 2.75) is 12.8 Å². The lowest BCUT2D eigenvalue weighted by molar-refractivity contribution is 0.0729. The number of benzene rings is 2. The van der Waals surface area contributed by atoms with E-state index in [0.29, 0.717) is 22.1 Å².